The SMILES string of the molecule is C=CCn1cc(C(=O)Nc2ncc(Oc3ccnc4cc(OC)c(OC)cc34)cn2)c(=O)c(-c2ccc(F)cc2)c1. The predicted molar refractivity (Wildman–Crippen MR) is 151 cm³/mol. The fourth-order valence-corrected chi connectivity index (χ4v) is 4.15. The van der Waals surface area contributed by atoms with Gasteiger partial charge in [0.25, 0.3) is 5.91 Å². The number of allylic oxidation sites excluding steroid dienone is 1. The highest BCUT2D eigenvalue weighted by Crippen LogP contribution is 2.36. The van der Waals surface area contributed by atoms with Crippen LogP contribution < -0.4 is 25.0 Å². The third-order valence-corrected chi connectivity index (χ3v) is 6.11. The molecule has 5 rings (SSSR count). The lowest BCUT2D eigenvalue weighted by Gasteiger charge is -2.12. The summed E-state index contributed by atoms with van der Waals surface area (Å²) in [4.78, 5) is 39.0. The minimum absolute atomic E-state index is 0.0322. The van der Waals surface area contributed by atoms with Gasteiger partial charge in [0.05, 0.1) is 32.1 Å². The molecule has 10 nitrogen and oxygen atoms in total. The quantitative estimate of drug-likeness (QED) is 0.246. The van der Waals surface area contributed by atoms with Gasteiger partial charge in [0.1, 0.15) is 17.1 Å². The minimum atomic E-state index is -0.702. The highest BCUT2D eigenvalue weighted by atomic mass is 19.1. The molecule has 1 N–H and O–H groups in total. The van der Waals surface area contributed by atoms with Gasteiger partial charge in [-0.25, -0.2) is 14.4 Å². The van der Waals surface area contributed by atoms with Crippen LogP contribution in [0.2, 0.25) is 0 Å². The number of pyridine rings is 2. The van der Waals surface area contributed by atoms with Crippen molar-refractivity contribution in [2.24, 2.45) is 0 Å². The summed E-state index contributed by atoms with van der Waals surface area (Å²) in [6.45, 7) is 4.06. The molecule has 3 aromatic heterocycles. The Hall–Kier alpha value is -5.58. The van der Waals surface area contributed by atoms with Crippen LogP contribution in [0.25, 0.3) is 22.0 Å². The number of nitrogens with zero attached hydrogens (tertiary/aromatic N) is 4. The molecule has 5 aromatic rings. The first-order chi connectivity index (χ1) is 19.9. The van der Waals surface area contributed by atoms with Gasteiger partial charge in [0, 0.05) is 42.2 Å². The third-order valence-electron chi connectivity index (χ3n) is 6.11. The van der Waals surface area contributed by atoms with Crippen molar-refractivity contribution >= 4 is 22.8 Å². The lowest BCUT2D eigenvalue weighted by Crippen LogP contribution is -2.25. The van der Waals surface area contributed by atoms with Crippen molar-refractivity contribution in [2.45, 2.75) is 6.54 Å². The van der Waals surface area contributed by atoms with Gasteiger partial charge in [0.2, 0.25) is 11.4 Å². The maximum Gasteiger partial charge on any atom is 0.263 e. The lowest BCUT2D eigenvalue weighted by atomic mass is 10.0. The number of benzene rings is 2. The number of halogens is 1. The van der Waals surface area contributed by atoms with E-state index in [4.69, 9.17) is 14.2 Å². The molecular weight excluding hydrogens is 529 g/mol. The maximum absolute atomic E-state index is 13.4. The molecule has 0 radical (unpaired) electrons. The van der Waals surface area contributed by atoms with E-state index >= 15 is 0 Å². The summed E-state index contributed by atoms with van der Waals surface area (Å²) in [5, 5.41) is 3.23. The van der Waals surface area contributed by atoms with Crippen molar-refractivity contribution in [3.63, 3.8) is 0 Å². The molecule has 0 aliphatic rings. The monoisotopic (exact) mass is 553 g/mol. The molecule has 0 bridgehead atoms. The van der Waals surface area contributed by atoms with Gasteiger partial charge in [-0.3, -0.25) is 19.9 Å². The average molecular weight is 554 g/mol. The predicted octanol–water partition coefficient (Wildman–Crippen LogP) is 5.24. The van der Waals surface area contributed by atoms with Crippen LogP contribution in [-0.4, -0.2) is 39.6 Å². The first-order valence-corrected chi connectivity index (χ1v) is 12.3. The second kappa shape index (κ2) is 11.7. The highest BCUT2D eigenvalue weighted by molar-refractivity contribution is 6.03. The van der Waals surface area contributed by atoms with Crippen LogP contribution in [0.15, 0.2) is 90.9 Å². The standard InChI is InChI=1S/C30H24FN5O5/c1-4-11-36-16-22(18-5-7-19(31)8-6-18)28(37)23(17-36)29(38)35-30-33-14-20(15-34-30)41-25-9-10-32-24-13-27(40-3)26(39-2)12-21(24)25/h4-10,12-17H,1,11H2,2-3H3,(H,33,34,35,38). The van der Waals surface area contributed by atoms with Crippen molar-refractivity contribution in [1.82, 2.24) is 19.5 Å². The number of amides is 1. The number of hydrogen-bond donors (Lipinski definition) is 1. The zero-order valence-electron chi connectivity index (χ0n) is 22.1. The van der Waals surface area contributed by atoms with E-state index in [1.807, 2.05) is 0 Å². The number of aromatic nitrogens is 4. The largest absolute Gasteiger partial charge is 0.493 e. The molecule has 3 heterocycles. The summed E-state index contributed by atoms with van der Waals surface area (Å²) < 4.78 is 31.8. The number of rotatable bonds is 9. The Labute approximate surface area is 233 Å². The molecule has 0 saturated heterocycles. The van der Waals surface area contributed by atoms with Crippen LogP contribution in [-0.2, 0) is 6.54 Å². The Kier molecular flexibility index (Phi) is 7.68. The third kappa shape index (κ3) is 5.74. The van der Waals surface area contributed by atoms with Gasteiger partial charge < -0.3 is 18.8 Å². The molecule has 0 saturated carbocycles. The van der Waals surface area contributed by atoms with Crippen LogP contribution in [0, 0.1) is 5.82 Å². The number of methoxy groups -OCH3 is 2. The second-order valence-corrected chi connectivity index (χ2v) is 8.74. The molecular formula is C30H24FN5O5. The van der Waals surface area contributed by atoms with E-state index in [1.54, 1.807) is 48.3 Å². The average Bonchev–Trinajstić information content (AvgIpc) is 2.99. The molecule has 0 aliphatic carbocycles. The summed E-state index contributed by atoms with van der Waals surface area (Å²) in [7, 11) is 3.08. The summed E-state index contributed by atoms with van der Waals surface area (Å²) >= 11 is 0. The Bertz CT molecular complexity index is 1800. The van der Waals surface area contributed by atoms with Crippen molar-refractivity contribution < 1.29 is 23.4 Å². The highest BCUT2D eigenvalue weighted by Gasteiger charge is 2.18. The van der Waals surface area contributed by atoms with Crippen molar-refractivity contribution in [2.75, 3.05) is 19.5 Å². The van der Waals surface area contributed by atoms with Gasteiger partial charge in [-0.05, 0) is 29.8 Å². The Balaban J connectivity index is 1.38. The normalized spacial score (nSPS) is 10.7. The Morgan fingerprint density at radius 2 is 1.71 bits per heavy atom. The van der Waals surface area contributed by atoms with Gasteiger partial charge in [-0.15, -0.1) is 6.58 Å². The van der Waals surface area contributed by atoms with Gasteiger partial charge in [0.15, 0.2) is 17.2 Å². The molecule has 1 amide bonds. The Morgan fingerprint density at radius 3 is 2.39 bits per heavy atom. The zero-order chi connectivity index (χ0) is 28.9. The molecule has 2 aromatic carbocycles. The van der Waals surface area contributed by atoms with Crippen LogP contribution in [0.5, 0.6) is 23.0 Å². The van der Waals surface area contributed by atoms with Gasteiger partial charge >= 0.3 is 0 Å². The summed E-state index contributed by atoms with van der Waals surface area (Å²) in [6, 6.07) is 10.6. The smallest absolute Gasteiger partial charge is 0.263 e. The molecule has 0 atom stereocenters. The van der Waals surface area contributed by atoms with Crippen molar-refractivity contribution in [1.29, 1.82) is 0 Å². The maximum atomic E-state index is 13.4. The molecule has 0 fully saturated rings. The van der Waals surface area contributed by atoms with Crippen LogP contribution >= 0.6 is 0 Å². The summed E-state index contributed by atoms with van der Waals surface area (Å²) in [5.41, 5.74) is 0.690. The van der Waals surface area contributed by atoms with E-state index in [0.29, 0.717) is 46.0 Å². The number of carbonyl (C=O) groups is 1. The molecule has 206 valence electrons. The minimum Gasteiger partial charge on any atom is -0.493 e. The molecule has 11 heteroatoms. The number of hydrogen-bond acceptors (Lipinski definition) is 8. The summed E-state index contributed by atoms with van der Waals surface area (Å²) in [5.74, 6) is 0.668. The fourth-order valence-electron chi connectivity index (χ4n) is 4.15. The fraction of sp³-hybridized carbons (Fsp3) is 0.100. The van der Waals surface area contributed by atoms with Crippen LogP contribution in [0.3, 0.4) is 0 Å². The molecule has 41 heavy (non-hydrogen) atoms. The van der Waals surface area contributed by atoms with Crippen LogP contribution in [0.1, 0.15) is 10.4 Å². The van der Waals surface area contributed by atoms with Crippen molar-refractivity contribution in [3.05, 3.63) is 108 Å². The molecule has 0 spiro atoms. The van der Waals surface area contributed by atoms with Crippen molar-refractivity contribution in [3.8, 4) is 34.1 Å². The number of ether oxygens (including phenoxy) is 3. The zero-order valence-corrected chi connectivity index (χ0v) is 22.1. The first-order valence-electron chi connectivity index (χ1n) is 12.3. The topological polar surface area (TPSA) is 117 Å². The number of fused-ring (bicyclic) bond motifs is 1. The van der Waals surface area contributed by atoms with E-state index in [2.05, 4.69) is 26.8 Å². The van der Waals surface area contributed by atoms with E-state index < -0.39 is 17.2 Å². The van der Waals surface area contributed by atoms with Crippen LogP contribution in [0.4, 0.5) is 10.3 Å². The number of anilines is 1. The second-order valence-electron chi connectivity index (χ2n) is 8.74. The van der Waals surface area contributed by atoms with E-state index in [-0.39, 0.29) is 17.1 Å². The Morgan fingerprint density at radius 1 is 1.00 bits per heavy atom. The number of nitrogens with one attached hydrogen (secondary N) is 1. The van der Waals surface area contributed by atoms with Gasteiger partial charge in [-0.2, -0.15) is 0 Å². The lowest BCUT2D eigenvalue weighted by molar-refractivity contribution is 0.102. The number of carbonyl (C=O) groups excluding carboxylic acids is 1. The van der Waals surface area contributed by atoms with E-state index in [1.165, 1.54) is 50.0 Å². The van der Waals surface area contributed by atoms with Gasteiger partial charge in [-0.1, -0.05) is 18.2 Å². The van der Waals surface area contributed by atoms with E-state index in [9.17, 15) is 14.0 Å². The molecule has 0 unspecified atom stereocenters. The first kappa shape index (κ1) is 27.0. The summed E-state index contributed by atoms with van der Waals surface area (Å²) in [6.07, 6.45) is 9.01. The van der Waals surface area contributed by atoms with E-state index in [0.717, 1.165) is 0 Å². The molecule has 0 aliphatic heterocycles.